The maximum Gasteiger partial charge on any atom is 0.157 e. The number of aromatic nitrogens is 7. The molecule has 0 bridgehead atoms. The van der Waals surface area contributed by atoms with Gasteiger partial charge in [-0.1, -0.05) is 103 Å². The van der Waals surface area contributed by atoms with Crippen LogP contribution in [-0.4, -0.2) is 34.9 Å². The van der Waals surface area contributed by atoms with Gasteiger partial charge in [0.1, 0.15) is 11.4 Å². The van der Waals surface area contributed by atoms with E-state index in [1.165, 1.54) is 5.56 Å². The third-order valence-electron chi connectivity index (χ3n) is 9.45. The molecule has 0 saturated heterocycles. The number of rotatable bonds is 9. The third kappa shape index (κ3) is 7.54. The Kier molecular flexibility index (Phi) is 9.00. The molecule has 0 aliphatic rings. The molecule has 5 aromatic heterocycles. The van der Waals surface area contributed by atoms with Crippen LogP contribution in [-0.2, 0) is 0 Å². The summed E-state index contributed by atoms with van der Waals surface area (Å²) in [4.78, 5) is 30.3. The monoisotopic (exact) mass is 709 g/mol. The minimum Gasteiger partial charge on any atom is -0.337 e. The van der Waals surface area contributed by atoms with Crippen molar-refractivity contribution in [3.8, 4) is 34.3 Å². The van der Waals surface area contributed by atoms with Gasteiger partial charge in [-0.15, -0.1) is 0 Å². The fraction of sp³-hybridized carbons (Fsp3) is 0.0208. The van der Waals surface area contributed by atoms with Crippen molar-refractivity contribution in [3.05, 3.63) is 185 Å². The van der Waals surface area contributed by atoms with Gasteiger partial charge in [-0.05, 0) is 107 Å². The summed E-state index contributed by atoms with van der Waals surface area (Å²) in [6, 6.07) is 43.1. The molecular weight excluding hydrogens is 675 g/mol. The first kappa shape index (κ1) is 33.3. The maximum atomic E-state index is 4.76. The molecule has 0 radical (unpaired) electrons. The van der Waals surface area contributed by atoms with E-state index in [1.807, 2.05) is 97.5 Å². The van der Waals surface area contributed by atoms with Gasteiger partial charge in [-0.3, -0.25) is 15.0 Å². The van der Waals surface area contributed by atoms with E-state index in [1.54, 1.807) is 0 Å². The number of aryl methyl sites for hydroxylation is 1. The average molecular weight is 710 g/mol. The molecule has 7 heteroatoms. The molecule has 0 atom stereocenters. The summed E-state index contributed by atoms with van der Waals surface area (Å²) < 4.78 is 0. The highest BCUT2D eigenvalue weighted by molar-refractivity contribution is 5.82. The zero-order chi connectivity index (χ0) is 37.0. The number of aromatic amines is 2. The Morgan fingerprint density at radius 3 is 1.38 bits per heavy atom. The molecule has 0 aliphatic heterocycles. The van der Waals surface area contributed by atoms with Gasteiger partial charge in [0.15, 0.2) is 11.6 Å². The van der Waals surface area contributed by atoms with Crippen molar-refractivity contribution in [2.24, 2.45) is 0 Å². The Morgan fingerprint density at radius 2 is 0.891 bits per heavy atom. The fourth-order valence-corrected chi connectivity index (χ4v) is 6.51. The summed E-state index contributed by atoms with van der Waals surface area (Å²) in [5.74, 6) is 1.51. The second kappa shape index (κ2) is 14.8. The van der Waals surface area contributed by atoms with Gasteiger partial charge >= 0.3 is 0 Å². The van der Waals surface area contributed by atoms with Crippen LogP contribution in [0.3, 0.4) is 0 Å². The van der Waals surface area contributed by atoms with E-state index in [9.17, 15) is 0 Å². The first-order valence-corrected chi connectivity index (χ1v) is 18.1. The Balaban J connectivity index is 0.985. The first-order valence-electron chi connectivity index (χ1n) is 18.1. The molecule has 0 fully saturated rings. The van der Waals surface area contributed by atoms with Crippen LogP contribution in [0.5, 0.6) is 0 Å². The fourth-order valence-electron chi connectivity index (χ4n) is 6.51. The van der Waals surface area contributed by atoms with E-state index in [0.717, 1.165) is 89.7 Å². The zero-order valence-electron chi connectivity index (χ0n) is 30.1. The van der Waals surface area contributed by atoms with Crippen LogP contribution in [0.1, 0.15) is 38.9 Å². The van der Waals surface area contributed by atoms with Crippen molar-refractivity contribution in [3.63, 3.8) is 0 Å². The average Bonchev–Trinajstić information content (AvgIpc) is 3.88. The summed E-state index contributed by atoms with van der Waals surface area (Å²) in [7, 11) is 0. The molecule has 0 aliphatic carbocycles. The summed E-state index contributed by atoms with van der Waals surface area (Å²) in [5, 5.41) is 0. The van der Waals surface area contributed by atoms with Crippen molar-refractivity contribution in [1.29, 1.82) is 0 Å². The lowest BCUT2D eigenvalue weighted by atomic mass is 10.0. The smallest absolute Gasteiger partial charge is 0.157 e. The maximum absolute atomic E-state index is 4.76. The van der Waals surface area contributed by atoms with Crippen LogP contribution in [0.4, 0.5) is 0 Å². The Labute approximate surface area is 318 Å². The normalized spacial score (nSPS) is 11.9. The lowest BCUT2D eigenvalue weighted by molar-refractivity contribution is 1.23. The minimum atomic E-state index is 0.757. The van der Waals surface area contributed by atoms with Crippen molar-refractivity contribution in [2.75, 3.05) is 0 Å². The largest absolute Gasteiger partial charge is 0.337 e. The third-order valence-corrected chi connectivity index (χ3v) is 9.45. The second-order valence-corrected chi connectivity index (χ2v) is 13.4. The summed E-state index contributed by atoms with van der Waals surface area (Å²) in [6.07, 6.45) is 18.4. The predicted molar refractivity (Wildman–Crippen MR) is 226 cm³/mol. The molecule has 2 N–H and O–H groups in total. The molecule has 262 valence electrons. The van der Waals surface area contributed by atoms with E-state index in [4.69, 9.17) is 24.9 Å². The lowest BCUT2D eigenvalue weighted by Gasteiger charge is -2.06. The van der Waals surface area contributed by atoms with Crippen LogP contribution < -0.4 is 0 Å². The number of hydrogen-bond donors (Lipinski definition) is 2. The van der Waals surface area contributed by atoms with Crippen LogP contribution in [0, 0.1) is 6.92 Å². The van der Waals surface area contributed by atoms with Crippen LogP contribution in [0.2, 0.25) is 0 Å². The number of pyridine rings is 3. The Hall–Kier alpha value is -7.51. The minimum absolute atomic E-state index is 0.757. The van der Waals surface area contributed by atoms with E-state index < -0.39 is 0 Å². The van der Waals surface area contributed by atoms with E-state index in [0.29, 0.717) is 0 Å². The quantitative estimate of drug-likeness (QED) is 0.155. The van der Waals surface area contributed by atoms with Crippen molar-refractivity contribution < 1.29 is 0 Å². The number of hydrogen-bond acceptors (Lipinski definition) is 5. The molecule has 9 rings (SSSR count). The van der Waals surface area contributed by atoms with E-state index >= 15 is 0 Å². The number of nitrogens with one attached hydrogen (secondary N) is 2. The molecule has 4 aromatic carbocycles. The van der Waals surface area contributed by atoms with Crippen LogP contribution in [0.25, 0.3) is 92.8 Å². The second-order valence-electron chi connectivity index (χ2n) is 13.4. The first-order chi connectivity index (χ1) is 27.1. The standard InChI is InChI=1S/C48H35N7/c1-32-25-46(38-9-3-2-4-10-38)51-31-39(32)22-19-37-27-35(17-15-33-20-23-44(49-29-33)47-52-40-11-5-6-12-41(40)53-47)26-36(28-37)18-16-34-21-24-45(50-30-34)48-54-42-13-7-8-14-43(42)55-48/h2-31H,1H3,(H,52,53)(H,54,55)/b17-15+,18-16+,22-19+. The van der Waals surface area contributed by atoms with Gasteiger partial charge in [-0.25, -0.2) is 9.97 Å². The van der Waals surface area contributed by atoms with Crippen LogP contribution in [0.15, 0.2) is 146 Å². The number of benzene rings is 4. The van der Waals surface area contributed by atoms with Gasteiger partial charge in [0.2, 0.25) is 0 Å². The lowest BCUT2D eigenvalue weighted by Crippen LogP contribution is -1.88. The molecular formula is C48H35N7. The van der Waals surface area contributed by atoms with Gasteiger partial charge in [0, 0.05) is 24.2 Å². The Morgan fingerprint density at radius 1 is 0.418 bits per heavy atom. The highest BCUT2D eigenvalue weighted by Gasteiger charge is 2.08. The molecule has 0 amide bonds. The number of nitrogens with zero attached hydrogens (tertiary/aromatic N) is 5. The van der Waals surface area contributed by atoms with Gasteiger partial charge in [0.05, 0.1) is 27.8 Å². The number of fused-ring (bicyclic) bond motifs is 2. The van der Waals surface area contributed by atoms with Gasteiger partial charge in [-0.2, -0.15) is 0 Å². The molecule has 5 heterocycles. The van der Waals surface area contributed by atoms with E-state index in [2.05, 4.69) is 102 Å². The predicted octanol–water partition coefficient (Wildman–Crippen LogP) is 11.4. The summed E-state index contributed by atoms with van der Waals surface area (Å²) in [5.41, 5.74) is 14.9. The summed E-state index contributed by atoms with van der Waals surface area (Å²) >= 11 is 0. The van der Waals surface area contributed by atoms with Crippen LogP contribution >= 0.6 is 0 Å². The van der Waals surface area contributed by atoms with Crippen molar-refractivity contribution >= 4 is 58.5 Å². The number of H-pyrrole nitrogens is 2. The van der Waals surface area contributed by atoms with Gasteiger partial charge < -0.3 is 9.97 Å². The molecule has 55 heavy (non-hydrogen) atoms. The SMILES string of the molecule is Cc1cc(-c2ccccc2)ncc1/C=C/c1cc(/C=C/c2ccc(-c3nc4ccccc4[nH]3)nc2)cc(/C=C/c2ccc(-c3nc4ccccc4[nH]3)nc2)c1. The molecule has 0 unspecified atom stereocenters. The molecule has 9 aromatic rings. The van der Waals surface area contributed by atoms with Crippen molar-refractivity contribution in [1.82, 2.24) is 34.9 Å². The molecule has 7 nitrogen and oxygen atoms in total. The molecule has 0 saturated carbocycles. The van der Waals surface area contributed by atoms with E-state index in [-0.39, 0.29) is 0 Å². The topological polar surface area (TPSA) is 96.0 Å². The zero-order valence-corrected chi connectivity index (χ0v) is 30.1. The highest BCUT2D eigenvalue weighted by atomic mass is 15.0. The summed E-state index contributed by atoms with van der Waals surface area (Å²) in [6.45, 7) is 2.13. The molecule has 0 spiro atoms. The number of para-hydroxylation sites is 4. The Bertz CT molecular complexity index is 2650. The van der Waals surface area contributed by atoms with Gasteiger partial charge in [0.25, 0.3) is 0 Å². The highest BCUT2D eigenvalue weighted by Crippen LogP contribution is 2.24. The van der Waals surface area contributed by atoms with Crippen molar-refractivity contribution in [2.45, 2.75) is 6.92 Å². The number of imidazole rings is 2.